The fourth-order valence-corrected chi connectivity index (χ4v) is 1.80. The molecule has 0 saturated carbocycles. The molecule has 1 aromatic rings. The van der Waals surface area contributed by atoms with Crippen molar-refractivity contribution >= 4 is 34.0 Å². The van der Waals surface area contributed by atoms with Gasteiger partial charge in [-0.05, 0) is 15.9 Å². The van der Waals surface area contributed by atoms with Gasteiger partial charge < -0.3 is 15.9 Å². The van der Waals surface area contributed by atoms with E-state index < -0.39 is 40.2 Å². The van der Waals surface area contributed by atoms with Gasteiger partial charge in [0.2, 0.25) is 0 Å². The molecule has 0 aliphatic carbocycles. The number of nitrogens with zero attached hydrogens (tertiary/aromatic N) is 1. The summed E-state index contributed by atoms with van der Waals surface area (Å²) in [6.07, 6.45) is -7.96. The molecule has 0 aromatic heterocycles. The van der Waals surface area contributed by atoms with Crippen molar-refractivity contribution in [1.82, 2.24) is 0 Å². The number of nitrogens with two attached hydrogens (primary N) is 1. The van der Waals surface area contributed by atoms with Crippen LogP contribution in [0, 0.1) is 10.1 Å². The minimum Gasteiger partial charge on any atom is -0.506 e. The highest BCUT2D eigenvalue weighted by molar-refractivity contribution is 9.10. The Balaban J connectivity index is 0.00000361. The SMILES string of the molecule is Cl.N[C@H](c1cc([N+](=O)[O-])cc(Br)c1O)[C@@H](O)C(F)(F)F. The molecule has 0 saturated heterocycles. The Hall–Kier alpha value is -1.10. The quantitative estimate of drug-likeness (QED) is 0.550. The lowest BCUT2D eigenvalue weighted by atomic mass is 10.0. The number of nitro benzene ring substituents is 1. The first-order valence-electron chi connectivity index (χ1n) is 4.73. The van der Waals surface area contributed by atoms with Gasteiger partial charge in [0.25, 0.3) is 5.69 Å². The zero-order valence-electron chi connectivity index (χ0n) is 9.46. The van der Waals surface area contributed by atoms with Gasteiger partial charge in [0.1, 0.15) is 5.75 Å². The smallest absolute Gasteiger partial charge is 0.416 e. The van der Waals surface area contributed by atoms with E-state index >= 15 is 0 Å². The first-order chi connectivity index (χ1) is 8.55. The number of aliphatic hydroxyl groups excluding tert-OH is 1. The number of benzene rings is 1. The van der Waals surface area contributed by atoms with Crippen molar-refractivity contribution < 1.29 is 28.3 Å². The van der Waals surface area contributed by atoms with Crippen LogP contribution in [0.4, 0.5) is 18.9 Å². The Labute approximate surface area is 125 Å². The summed E-state index contributed by atoms with van der Waals surface area (Å²) in [5.74, 6) is -0.693. The zero-order chi connectivity index (χ0) is 15.0. The predicted molar refractivity (Wildman–Crippen MR) is 68.7 cm³/mol. The second-order valence-corrected chi connectivity index (χ2v) is 4.49. The van der Waals surface area contributed by atoms with Crippen LogP contribution in [-0.2, 0) is 0 Å². The van der Waals surface area contributed by atoms with E-state index in [0.717, 1.165) is 6.07 Å². The normalized spacial score (nSPS) is 14.3. The van der Waals surface area contributed by atoms with E-state index in [1.165, 1.54) is 0 Å². The molecule has 4 N–H and O–H groups in total. The van der Waals surface area contributed by atoms with Gasteiger partial charge in [0.15, 0.2) is 6.10 Å². The molecule has 6 nitrogen and oxygen atoms in total. The van der Waals surface area contributed by atoms with Crippen molar-refractivity contribution in [2.75, 3.05) is 0 Å². The van der Waals surface area contributed by atoms with Crippen LogP contribution in [0.2, 0.25) is 0 Å². The molecule has 114 valence electrons. The van der Waals surface area contributed by atoms with Crippen molar-refractivity contribution in [3.8, 4) is 5.75 Å². The summed E-state index contributed by atoms with van der Waals surface area (Å²) in [6.45, 7) is 0. The molecule has 0 radical (unpaired) electrons. The summed E-state index contributed by atoms with van der Waals surface area (Å²) in [7, 11) is 0. The van der Waals surface area contributed by atoms with Crippen molar-refractivity contribution in [1.29, 1.82) is 0 Å². The van der Waals surface area contributed by atoms with Crippen LogP contribution in [0.25, 0.3) is 0 Å². The van der Waals surface area contributed by atoms with E-state index in [1.807, 2.05) is 0 Å². The molecule has 0 spiro atoms. The molecule has 0 aliphatic heterocycles. The molecule has 0 bridgehead atoms. The molecule has 0 amide bonds. The average Bonchev–Trinajstić information content (AvgIpc) is 2.29. The van der Waals surface area contributed by atoms with E-state index in [-0.39, 0.29) is 16.9 Å². The number of alkyl halides is 3. The lowest BCUT2D eigenvalue weighted by molar-refractivity contribution is -0.385. The van der Waals surface area contributed by atoms with Gasteiger partial charge in [-0.2, -0.15) is 13.2 Å². The number of hydrogen-bond donors (Lipinski definition) is 3. The topological polar surface area (TPSA) is 110 Å². The Bertz CT molecular complexity index is 515. The van der Waals surface area contributed by atoms with Crippen LogP contribution in [-0.4, -0.2) is 27.4 Å². The molecule has 0 aliphatic rings. The number of aliphatic hydroxyl groups is 1. The third-order valence-corrected chi connectivity index (χ3v) is 2.93. The molecule has 11 heteroatoms. The average molecular weight is 382 g/mol. The molecular weight excluding hydrogens is 372 g/mol. The van der Waals surface area contributed by atoms with Crippen LogP contribution in [0.3, 0.4) is 0 Å². The van der Waals surface area contributed by atoms with Gasteiger partial charge in [-0.15, -0.1) is 12.4 Å². The highest BCUT2D eigenvalue weighted by Gasteiger charge is 2.43. The summed E-state index contributed by atoms with van der Waals surface area (Å²) in [5, 5.41) is 29.2. The molecular formula is C9H9BrClF3N2O4. The number of nitro groups is 1. The lowest BCUT2D eigenvalue weighted by Gasteiger charge is -2.22. The zero-order valence-corrected chi connectivity index (χ0v) is 11.9. The summed E-state index contributed by atoms with van der Waals surface area (Å²) >= 11 is 2.76. The van der Waals surface area contributed by atoms with Gasteiger partial charge in [0, 0.05) is 17.7 Å². The largest absolute Gasteiger partial charge is 0.506 e. The van der Waals surface area contributed by atoms with Crippen molar-refractivity contribution in [3.63, 3.8) is 0 Å². The van der Waals surface area contributed by atoms with Crippen LogP contribution < -0.4 is 5.73 Å². The van der Waals surface area contributed by atoms with Crippen molar-refractivity contribution in [2.24, 2.45) is 5.73 Å². The maximum Gasteiger partial charge on any atom is 0.416 e. The van der Waals surface area contributed by atoms with Gasteiger partial charge in [-0.25, -0.2) is 0 Å². The fourth-order valence-electron chi connectivity index (χ4n) is 1.34. The Morgan fingerprint density at radius 1 is 1.40 bits per heavy atom. The summed E-state index contributed by atoms with van der Waals surface area (Å²) < 4.78 is 36.8. The van der Waals surface area contributed by atoms with Crippen molar-refractivity contribution in [3.05, 3.63) is 32.3 Å². The molecule has 20 heavy (non-hydrogen) atoms. The molecule has 1 rings (SSSR count). The fraction of sp³-hybridized carbons (Fsp3) is 0.333. The number of rotatable bonds is 3. The summed E-state index contributed by atoms with van der Waals surface area (Å²) in [6, 6.07) is -0.457. The van der Waals surface area contributed by atoms with E-state index in [0.29, 0.717) is 6.07 Å². The maximum absolute atomic E-state index is 12.3. The highest BCUT2D eigenvalue weighted by Crippen LogP contribution is 2.38. The minimum absolute atomic E-state index is 0. The minimum atomic E-state index is -5.01. The van der Waals surface area contributed by atoms with E-state index in [4.69, 9.17) is 10.8 Å². The highest BCUT2D eigenvalue weighted by atomic mass is 79.9. The molecule has 2 atom stereocenters. The van der Waals surface area contributed by atoms with Crippen LogP contribution in [0.1, 0.15) is 11.6 Å². The third kappa shape index (κ3) is 3.95. The number of phenols is 1. The lowest BCUT2D eigenvalue weighted by Crippen LogP contribution is -2.38. The van der Waals surface area contributed by atoms with E-state index in [9.17, 15) is 28.4 Å². The predicted octanol–water partition coefficient (Wildman–Crippen LogP) is 2.41. The van der Waals surface area contributed by atoms with E-state index in [2.05, 4.69) is 15.9 Å². The van der Waals surface area contributed by atoms with Crippen LogP contribution in [0.15, 0.2) is 16.6 Å². The van der Waals surface area contributed by atoms with Crippen LogP contribution in [0.5, 0.6) is 5.75 Å². The van der Waals surface area contributed by atoms with Crippen LogP contribution >= 0.6 is 28.3 Å². The first-order valence-corrected chi connectivity index (χ1v) is 5.52. The molecule has 1 aromatic carbocycles. The molecule has 0 unspecified atom stereocenters. The monoisotopic (exact) mass is 380 g/mol. The Morgan fingerprint density at radius 2 is 1.90 bits per heavy atom. The molecule has 0 fully saturated rings. The van der Waals surface area contributed by atoms with E-state index in [1.54, 1.807) is 0 Å². The molecule has 0 heterocycles. The first kappa shape index (κ1) is 18.9. The van der Waals surface area contributed by atoms with Crippen molar-refractivity contribution in [2.45, 2.75) is 18.3 Å². The second-order valence-electron chi connectivity index (χ2n) is 3.63. The summed E-state index contributed by atoms with van der Waals surface area (Å²) in [4.78, 5) is 9.72. The van der Waals surface area contributed by atoms with Gasteiger partial charge in [-0.1, -0.05) is 0 Å². The van der Waals surface area contributed by atoms with Gasteiger partial charge in [-0.3, -0.25) is 10.1 Å². The third-order valence-electron chi connectivity index (χ3n) is 2.32. The number of aromatic hydroxyl groups is 1. The number of hydrogen-bond acceptors (Lipinski definition) is 5. The number of halogens is 5. The Kier molecular flexibility index (Phi) is 6.21. The van der Waals surface area contributed by atoms with Gasteiger partial charge >= 0.3 is 6.18 Å². The summed E-state index contributed by atoms with van der Waals surface area (Å²) in [5.41, 5.74) is 4.05. The van der Waals surface area contributed by atoms with Gasteiger partial charge in [0.05, 0.1) is 15.4 Å². The standard InChI is InChI=1S/C9H8BrF3N2O4.ClH/c10-5-2-3(15(18)19)1-4(7(5)16)6(14)8(17)9(11,12)13;/h1-2,6,8,16-17H,14H2;1H/t6-,8-;/m1./s1. The Morgan fingerprint density at radius 3 is 2.30 bits per heavy atom. The maximum atomic E-state index is 12.3. The number of non-ortho nitro benzene ring substituents is 1. The second kappa shape index (κ2) is 6.57. The number of phenolic OH excluding ortho intramolecular Hbond substituents is 1.